The molecule has 0 saturated carbocycles. The molecule has 2 aliphatic heterocycles. The van der Waals surface area contributed by atoms with E-state index in [1.165, 1.54) is 0 Å². The third-order valence-corrected chi connectivity index (χ3v) is 3.33. The molecule has 0 atom stereocenters. The average molecular weight is 243 g/mol. The largest absolute Gasteiger partial charge is 0.395 e. The number of amides is 1. The van der Waals surface area contributed by atoms with Crippen molar-refractivity contribution in [2.75, 3.05) is 59.0 Å². The van der Waals surface area contributed by atoms with Crippen LogP contribution in [-0.2, 0) is 9.53 Å². The molecule has 2 N–H and O–H groups in total. The van der Waals surface area contributed by atoms with Gasteiger partial charge in [0, 0.05) is 45.8 Å². The molecule has 1 amide bonds. The van der Waals surface area contributed by atoms with Crippen molar-refractivity contribution in [2.24, 2.45) is 0 Å². The van der Waals surface area contributed by atoms with Crippen LogP contribution in [0.3, 0.4) is 0 Å². The predicted molar refractivity (Wildman–Crippen MR) is 62.7 cm³/mol. The quantitative estimate of drug-likeness (QED) is 0.591. The molecule has 2 aliphatic rings. The minimum absolute atomic E-state index is 0.0838. The fraction of sp³-hybridized carbons (Fsp3) is 0.909. The highest BCUT2D eigenvalue weighted by atomic mass is 16.5. The molecule has 0 aromatic heterocycles. The van der Waals surface area contributed by atoms with Gasteiger partial charge in [0.2, 0.25) is 5.91 Å². The van der Waals surface area contributed by atoms with E-state index < -0.39 is 0 Å². The van der Waals surface area contributed by atoms with Crippen molar-refractivity contribution < 1.29 is 14.6 Å². The average Bonchev–Trinajstić information content (AvgIpc) is 2.28. The van der Waals surface area contributed by atoms with Crippen LogP contribution in [0.2, 0.25) is 0 Å². The first-order valence-corrected chi connectivity index (χ1v) is 6.23. The lowest BCUT2D eigenvalue weighted by molar-refractivity contribution is -0.141. The molecule has 6 nitrogen and oxygen atoms in total. The van der Waals surface area contributed by atoms with Gasteiger partial charge in [-0.2, -0.15) is 0 Å². The number of β-amino-alcohol motifs (C(OH)–C–C–N with tert-alkyl or cyclic N) is 1. The summed E-state index contributed by atoms with van der Waals surface area (Å²) in [6.07, 6.45) is 0.217. The standard InChI is InChI=1S/C11H21N3O3/c15-6-5-13-1-3-14(4-2-13)11(16)9-17-10-7-12-8-10/h10,12,15H,1-9H2. The van der Waals surface area contributed by atoms with Gasteiger partial charge >= 0.3 is 0 Å². The van der Waals surface area contributed by atoms with Crippen LogP contribution in [0.5, 0.6) is 0 Å². The molecule has 2 saturated heterocycles. The van der Waals surface area contributed by atoms with Crippen molar-refractivity contribution in [3.8, 4) is 0 Å². The number of hydrogen-bond donors (Lipinski definition) is 2. The van der Waals surface area contributed by atoms with Gasteiger partial charge < -0.3 is 20.1 Å². The summed E-state index contributed by atoms with van der Waals surface area (Å²) >= 11 is 0. The van der Waals surface area contributed by atoms with Crippen LogP contribution in [-0.4, -0.2) is 85.9 Å². The molecule has 2 fully saturated rings. The van der Waals surface area contributed by atoms with Gasteiger partial charge in [-0.1, -0.05) is 0 Å². The molecular weight excluding hydrogens is 222 g/mol. The van der Waals surface area contributed by atoms with E-state index in [1.54, 1.807) is 0 Å². The Hall–Kier alpha value is -0.690. The Bertz CT molecular complexity index is 250. The van der Waals surface area contributed by atoms with Crippen LogP contribution in [0.1, 0.15) is 0 Å². The first kappa shape index (κ1) is 12.8. The van der Waals surface area contributed by atoms with E-state index in [0.717, 1.165) is 39.3 Å². The van der Waals surface area contributed by atoms with Crippen LogP contribution in [0.25, 0.3) is 0 Å². The molecule has 0 aromatic rings. The van der Waals surface area contributed by atoms with E-state index in [0.29, 0.717) is 6.54 Å². The number of rotatable bonds is 5. The highest BCUT2D eigenvalue weighted by Crippen LogP contribution is 2.04. The highest BCUT2D eigenvalue weighted by Gasteiger charge is 2.23. The highest BCUT2D eigenvalue weighted by molar-refractivity contribution is 5.77. The fourth-order valence-electron chi connectivity index (χ4n) is 2.02. The lowest BCUT2D eigenvalue weighted by Gasteiger charge is -2.35. The summed E-state index contributed by atoms with van der Waals surface area (Å²) < 4.78 is 5.46. The van der Waals surface area contributed by atoms with E-state index in [-0.39, 0.29) is 25.2 Å². The Morgan fingerprint density at radius 2 is 2.00 bits per heavy atom. The summed E-state index contributed by atoms with van der Waals surface area (Å²) in [7, 11) is 0. The van der Waals surface area contributed by atoms with Crippen molar-refractivity contribution in [2.45, 2.75) is 6.10 Å². The summed E-state index contributed by atoms with van der Waals surface area (Å²) in [6.45, 7) is 5.98. The second kappa shape index (κ2) is 6.30. The van der Waals surface area contributed by atoms with Crippen LogP contribution in [0, 0.1) is 0 Å². The molecule has 0 unspecified atom stereocenters. The third-order valence-electron chi connectivity index (χ3n) is 3.33. The zero-order valence-electron chi connectivity index (χ0n) is 10.1. The van der Waals surface area contributed by atoms with Gasteiger partial charge in [0.15, 0.2) is 0 Å². The van der Waals surface area contributed by atoms with Crippen LogP contribution in [0.15, 0.2) is 0 Å². The Morgan fingerprint density at radius 1 is 1.29 bits per heavy atom. The van der Waals surface area contributed by atoms with E-state index in [4.69, 9.17) is 9.84 Å². The van der Waals surface area contributed by atoms with Crippen LogP contribution < -0.4 is 5.32 Å². The van der Waals surface area contributed by atoms with Gasteiger partial charge in [0.05, 0.1) is 12.7 Å². The van der Waals surface area contributed by atoms with E-state index in [1.807, 2.05) is 4.90 Å². The summed E-state index contributed by atoms with van der Waals surface area (Å²) in [5.41, 5.74) is 0. The summed E-state index contributed by atoms with van der Waals surface area (Å²) in [4.78, 5) is 15.8. The molecule has 0 aromatic carbocycles. The van der Waals surface area contributed by atoms with Gasteiger partial charge in [-0.3, -0.25) is 9.69 Å². The number of ether oxygens (including phenoxy) is 1. The number of aliphatic hydroxyl groups is 1. The molecular formula is C11H21N3O3. The monoisotopic (exact) mass is 243 g/mol. The molecule has 2 rings (SSSR count). The molecule has 0 spiro atoms. The van der Waals surface area contributed by atoms with Gasteiger partial charge in [0.1, 0.15) is 6.61 Å². The van der Waals surface area contributed by atoms with E-state index in [2.05, 4.69) is 10.2 Å². The number of nitrogens with one attached hydrogen (secondary N) is 1. The zero-order valence-corrected chi connectivity index (χ0v) is 10.1. The third kappa shape index (κ3) is 3.64. The lowest BCUT2D eigenvalue weighted by atomic mass is 10.2. The van der Waals surface area contributed by atoms with Crippen molar-refractivity contribution in [3.05, 3.63) is 0 Å². The predicted octanol–water partition coefficient (Wildman–Crippen LogP) is -1.89. The fourth-order valence-corrected chi connectivity index (χ4v) is 2.02. The maximum absolute atomic E-state index is 11.8. The van der Waals surface area contributed by atoms with Crippen LogP contribution >= 0.6 is 0 Å². The minimum Gasteiger partial charge on any atom is -0.395 e. The number of aliphatic hydroxyl groups excluding tert-OH is 1. The number of carbonyl (C=O) groups is 1. The maximum Gasteiger partial charge on any atom is 0.248 e. The minimum atomic E-state index is 0.0838. The summed E-state index contributed by atoms with van der Waals surface area (Å²) in [6, 6.07) is 0. The SMILES string of the molecule is O=C(COC1CNC1)N1CCN(CCO)CC1. The number of carbonyl (C=O) groups excluding carboxylic acids is 1. The smallest absolute Gasteiger partial charge is 0.248 e. The Balaban J connectivity index is 1.63. The van der Waals surface area contributed by atoms with Crippen molar-refractivity contribution in [1.29, 1.82) is 0 Å². The first-order chi connectivity index (χ1) is 8.29. The van der Waals surface area contributed by atoms with E-state index >= 15 is 0 Å². The lowest BCUT2D eigenvalue weighted by Crippen LogP contribution is -2.52. The van der Waals surface area contributed by atoms with Crippen molar-refractivity contribution in [1.82, 2.24) is 15.1 Å². The van der Waals surface area contributed by atoms with Crippen molar-refractivity contribution in [3.63, 3.8) is 0 Å². The van der Waals surface area contributed by atoms with E-state index in [9.17, 15) is 4.79 Å². The summed E-state index contributed by atoms with van der Waals surface area (Å²) in [5.74, 6) is 0.0838. The summed E-state index contributed by atoms with van der Waals surface area (Å²) in [5, 5.41) is 11.9. The molecule has 6 heteroatoms. The Labute approximate surface area is 102 Å². The first-order valence-electron chi connectivity index (χ1n) is 6.23. The molecule has 0 radical (unpaired) electrons. The van der Waals surface area contributed by atoms with Gasteiger partial charge in [-0.15, -0.1) is 0 Å². The maximum atomic E-state index is 11.8. The Morgan fingerprint density at radius 3 is 2.53 bits per heavy atom. The number of nitrogens with zero attached hydrogens (tertiary/aromatic N) is 2. The van der Waals surface area contributed by atoms with Crippen molar-refractivity contribution >= 4 is 5.91 Å². The number of piperazine rings is 1. The van der Waals surface area contributed by atoms with Gasteiger partial charge in [-0.05, 0) is 0 Å². The normalized spacial score (nSPS) is 22.5. The van der Waals surface area contributed by atoms with Crippen LogP contribution in [0.4, 0.5) is 0 Å². The topological polar surface area (TPSA) is 65.0 Å². The molecule has 17 heavy (non-hydrogen) atoms. The molecule has 0 aliphatic carbocycles. The number of hydrogen-bond acceptors (Lipinski definition) is 5. The molecule has 0 bridgehead atoms. The second-order valence-electron chi connectivity index (χ2n) is 4.54. The second-order valence-corrected chi connectivity index (χ2v) is 4.54. The van der Waals surface area contributed by atoms with Gasteiger partial charge in [0.25, 0.3) is 0 Å². The molecule has 98 valence electrons. The zero-order chi connectivity index (χ0) is 12.1. The molecule has 2 heterocycles. The Kier molecular flexibility index (Phi) is 4.73. The van der Waals surface area contributed by atoms with Gasteiger partial charge in [-0.25, -0.2) is 0 Å².